The van der Waals surface area contributed by atoms with Crippen LogP contribution in [-0.4, -0.2) is 21.1 Å². The molecular formula is C11H13N3O. The van der Waals surface area contributed by atoms with E-state index >= 15 is 0 Å². The molecule has 78 valence electrons. The summed E-state index contributed by atoms with van der Waals surface area (Å²) in [5, 5.41) is 5.38. The number of aldehydes is 1. The molecule has 4 nitrogen and oxygen atoms in total. The Morgan fingerprint density at radius 2 is 2.33 bits per heavy atom. The van der Waals surface area contributed by atoms with Crippen molar-refractivity contribution in [2.24, 2.45) is 7.05 Å². The number of hydrogen-bond donors (Lipinski definition) is 0. The molecule has 2 aromatic rings. The lowest BCUT2D eigenvalue weighted by atomic mass is 10.1. The van der Waals surface area contributed by atoms with Gasteiger partial charge in [-0.2, -0.15) is 5.10 Å². The van der Waals surface area contributed by atoms with Crippen molar-refractivity contribution in [1.82, 2.24) is 14.8 Å². The van der Waals surface area contributed by atoms with E-state index in [0.29, 0.717) is 5.56 Å². The maximum atomic E-state index is 10.7. The lowest BCUT2D eigenvalue weighted by molar-refractivity contribution is 0.112. The summed E-state index contributed by atoms with van der Waals surface area (Å²) in [7, 11) is 1.87. The molecule has 0 amide bonds. The molecule has 0 unspecified atom stereocenters. The Labute approximate surface area is 87.9 Å². The SMILES string of the molecule is CCCc1nn(C)c2ncc(C=O)cc12. The van der Waals surface area contributed by atoms with E-state index in [1.807, 2.05) is 13.1 Å². The third-order valence-corrected chi connectivity index (χ3v) is 2.40. The second-order valence-corrected chi connectivity index (χ2v) is 3.58. The predicted octanol–water partition coefficient (Wildman–Crippen LogP) is 1.73. The molecule has 0 saturated carbocycles. The molecule has 0 aromatic carbocycles. The summed E-state index contributed by atoms with van der Waals surface area (Å²) in [5.74, 6) is 0. The van der Waals surface area contributed by atoms with Gasteiger partial charge in [-0.15, -0.1) is 0 Å². The van der Waals surface area contributed by atoms with Crippen molar-refractivity contribution in [3.63, 3.8) is 0 Å². The van der Waals surface area contributed by atoms with Crippen LogP contribution in [0.25, 0.3) is 11.0 Å². The van der Waals surface area contributed by atoms with Gasteiger partial charge in [0.2, 0.25) is 0 Å². The number of pyridine rings is 1. The summed E-state index contributed by atoms with van der Waals surface area (Å²) < 4.78 is 1.76. The maximum Gasteiger partial charge on any atom is 0.157 e. The molecule has 0 radical (unpaired) electrons. The van der Waals surface area contributed by atoms with Crippen LogP contribution in [0.3, 0.4) is 0 Å². The van der Waals surface area contributed by atoms with E-state index in [1.165, 1.54) is 0 Å². The zero-order valence-corrected chi connectivity index (χ0v) is 8.90. The first-order valence-electron chi connectivity index (χ1n) is 5.03. The number of aromatic nitrogens is 3. The first-order valence-corrected chi connectivity index (χ1v) is 5.03. The first-order chi connectivity index (χ1) is 7.26. The Balaban J connectivity index is 2.65. The number of carbonyl (C=O) groups is 1. The van der Waals surface area contributed by atoms with E-state index in [1.54, 1.807) is 10.9 Å². The highest BCUT2D eigenvalue weighted by Crippen LogP contribution is 2.17. The second-order valence-electron chi connectivity index (χ2n) is 3.58. The smallest absolute Gasteiger partial charge is 0.157 e. The van der Waals surface area contributed by atoms with Gasteiger partial charge in [0.15, 0.2) is 11.9 Å². The van der Waals surface area contributed by atoms with Crippen molar-refractivity contribution >= 4 is 17.3 Å². The molecule has 0 bridgehead atoms. The number of hydrogen-bond acceptors (Lipinski definition) is 3. The molecule has 0 atom stereocenters. The Morgan fingerprint density at radius 1 is 1.53 bits per heavy atom. The summed E-state index contributed by atoms with van der Waals surface area (Å²) >= 11 is 0. The third-order valence-electron chi connectivity index (χ3n) is 2.40. The van der Waals surface area contributed by atoms with Gasteiger partial charge in [0.25, 0.3) is 0 Å². The molecule has 2 aromatic heterocycles. The van der Waals surface area contributed by atoms with Gasteiger partial charge in [-0.25, -0.2) is 4.98 Å². The van der Waals surface area contributed by atoms with Crippen LogP contribution < -0.4 is 0 Å². The van der Waals surface area contributed by atoms with Gasteiger partial charge in [0, 0.05) is 24.2 Å². The highest BCUT2D eigenvalue weighted by Gasteiger charge is 2.09. The van der Waals surface area contributed by atoms with Crippen LogP contribution in [0.5, 0.6) is 0 Å². The van der Waals surface area contributed by atoms with E-state index in [2.05, 4.69) is 17.0 Å². The van der Waals surface area contributed by atoms with Crippen LogP contribution in [0.4, 0.5) is 0 Å². The number of carbonyl (C=O) groups excluding carboxylic acids is 1. The summed E-state index contributed by atoms with van der Waals surface area (Å²) in [6.45, 7) is 2.11. The molecule has 0 N–H and O–H groups in total. The van der Waals surface area contributed by atoms with Crippen LogP contribution in [0.1, 0.15) is 29.4 Å². The number of aryl methyl sites for hydroxylation is 2. The zero-order valence-electron chi connectivity index (χ0n) is 8.90. The highest BCUT2D eigenvalue weighted by molar-refractivity contribution is 5.85. The maximum absolute atomic E-state index is 10.7. The van der Waals surface area contributed by atoms with Gasteiger partial charge < -0.3 is 0 Å². The quantitative estimate of drug-likeness (QED) is 0.714. The predicted molar refractivity (Wildman–Crippen MR) is 57.9 cm³/mol. The summed E-state index contributed by atoms with van der Waals surface area (Å²) in [4.78, 5) is 14.9. The van der Waals surface area contributed by atoms with Crippen molar-refractivity contribution in [3.05, 3.63) is 23.5 Å². The summed E-state index contributed by atoms with van der Waals surface area (Å²) in [6, 6.07) is 1.85. The van der Waals surface area contributed by atoms with Crippen LogP contribution >= 0.6 is 0 Å². The van der Waals surface area contributed by atoms with Crippen molar-refractivity contribution in [2.75, 3.05) is 0 Å². The summed E-state index contributed by atoms with van der Waals surface area (Å²) in [6.07, 6.45) is 4.35. The molecule has 0 spiro atoms. The van der Waals surface area contributed by atoms with Gasteiger partial charge in [-0.05, 0) is 12.5 Å². The molecule has 4 heteroatoms. The first kappa shape index (κ1) is 9.83. The van der Waals surface area contributed by atoms with E-state index in [-0.39, 0.29) is 0 Å². The van der Waals surface area contributed by atoms with Crippen LogP contribution in [0, 0.1) is 0 Å². The largest absolute Gasteiger partial charge is 0.298 e. The molecule has 0 aliphatic rings. The van der Waals surface area contributed by atoms with Crippen molar-refractivity contribution < 1.29 is 4.79 Å². The second kappa shape index (κ2) is 3.81. The standard InChI is InChI=1S/C11H13N3O/c1-3-4-10-9-5-8(7-15)6-12-11(9)14(2)13-10/h5-7H,3-4H2,1-2H3. The van der Waals surface area contributed by atoms with Gasteiger partial charge >= 0.3 is 0 Å². The third kappa shape index (κ3) is 1.63. The normalized spacial score (nSPS) is 10.8. The van der Waals surface area contributed by atoms with Crippen LogP contribution in [0.2, 0.25) is 0 Å². The lowest BCUT2D eigenvalue weighted by Crippen LogP contribution is -1.92. The molecule has 0 aliphatic heterocycles. The summed E-state index contributed by atoms with van der Waals surface area (Å²) in [5.41, 5.74) is 2.46. The van der Waals surface area contributed by atoms with E-state index < -0.39 is 0 Å². The average Bonchev–Trinajstić information content (AvgIpc) is 2.56. The molecule has 2 rings (SSSR count). The molecule has 0 aliphatic carbocycles. The monoisotopic (exact) mass is 203 g/mol. The molecule has 0 saturated heterocycles. The fourth-order valence-electron chi connectivity index (χ4n) is 1.71. The minimum absolute atomic E-state index is 0.604. The van der Waals surface area contributed by atoms with E-state index in [4.69, 9.17) is 0 Å². The number of nitrogens with zero attached hydrogens (tertiary/aromatic N) is 3. The zero-order chi connectivity index (χ0) is 10.8. The van der Waals surface area contributed by atoms with Crippen molar-refractivity contribution in [1.29, 1.82) is 0 Å². The minimum Gasteiger partial charge on any atom is -0.298 e. The topological polar surface area (TPSA) is 47.8 Å². The van der Waals surface area contributed by atoms with Gasteiger partial charge in [0.1, 0.15) is 0 Å². The Bertz CT molecular complexity index is 502. The molecular weight excluding hydrogens is 190 g/mol. The van der Waals surface area contributed by atoms with E-state index in [9.17, 15) is 4.79 Å². The van der Waals surface area contributed by atoms with Crippen molar-refractivity contribution in [3.8, 4) is 0 Å². The average molecular weight is 203 g/mol. The minimum atomic E-state index is 0.604. The van der Waals surface area contributed by atoms with Crippen molar-refractivity contribution in [2.45, 2.75) is 19.8 Å². The van der Waals surface area contributed by atoms with Gasteiger partial charge in [-0.3, -0.25) is 9.48 Å². The van der Waals surface area contributed by atoms with Crippen LogP contribution in [0.15, 0.2) is 12.3 Å². The molecule has 0 fully saturated rings. The Kier molecular flexibility index (Phi) is 2.49. The highest BCUT2D eigenvalue weighted by atomic mass is 16.1. The van der Waals surface area contributed by atoms with E-state index in [0.717, 1.165) is 35.9 Å². The van der Waals surface area contributed by atoms with Gasteiger partial charge in [-0.1, -0.05) is 13.3 Å². The fraction of sp³-hybridized carbons (Fsp3) is 0.364. The molecule has 2 heterocycles. The Hall–Kier alpha value is -1.71. The number of fused-ring (bicyclic) bond motifs is 1. The lowest BCUT2D eigenvalue weighted by Gasteiger charge is -1.94. The fourth-order valence-corrected chi connectivity index (χ4v) is 1.71. The number of rotatable bonds is 3. The van der Waals surface area contributed by atoms with Crippen LogP contribution in [-0.2, 0) is 13.5 Å². The molecule has 15 heavy (non-hydrogen) atoms. The Morgan fingerprint density at radius 3 is 3.00 bits per heavy atom. The van der Waals surface area contributed by atoms with Gasteiger partial charge in [0.05, 0.1) is 5.69 Å².